The fraction of sp³-hybridized carbons (Fsp3) is 1.00. The first-order valence-electron chi connectivity index (χ1n) is 5.31. The van der Waals surface area contributed by atoms with Gasteiger partial charge >= 0.3 is 0 Å². The highest BCUT2D eigenvalue weighted by Crippen LogP contribution is 2.34. The van der Waals surface area contributed by atoms with E-state index < -0.39 is 0 Å². The molecule has 74 valence electrons. The Morgan fingerprint density at radius 1 is 1.17 bits per heavy atom. The van der Waals surface area contributed by atoms with Gasteiger partial charge in [-0.25, -0.2) is 0 Å². The first-order chi connectivity index (χ1) is 5.61. The minimum absolute atomic E-state index is 0.594. The number of hydrogen-bond acceptors (Lipinski definition) is 0. The van der Waals surface area contributed by atoms with Crippen molar-refractivity contribution in [3.05, 3.63) is 0 Å². The van der Waals surface area contributed by atoms with Gasteiger partial charge in [-0.05, 0) is 23.9 Å². The van der Waals surface area contributed by atoms with E-state index in [1.807, 2.05) is 0 Å². The molecule has 0 bridgehead atoms. The van der Waals surface area contributed by atoms with Gasteiger partial charge in [-0.1, -0.05) is 47.0 Å². The smallest absolute Gasteiger partial charge is 0.0328 e. The van der Waals surface area contributed by atoms with Gasteiger partial charge in [0, 0.05) is 0 Å². The van der Waals surface area contributed by atoms with Crippen molar-refractivity contribution in [2.45, 2.75) is 53.4 Å². The minimum atomic E-state index is 0.594. The molecule has 0 aromatic carbocycles. The standard InChI is InChI=1S/C11H25P/c1-5-10(9-12)8-11(4,6-2)7-3/h10H,5-9,12H2,1-4H3. The van der Waals surface area contributed by atoms with Crippen LogP contribution >= 0.6 is 9.24 Å². The normalized spacial score (nSPS) is 14.8. The molecule has 0 aliphatic carbocycles. The zero-order valence-corrected chi connectivity index (χ0v) is 10.3. The highest BCUT2D eigenvalue weighted by Gasteiger charge is 2.22. The Hall–Kier alpha value is 0.430. The van der Waals surface area contributed by atoms with Crippen molar-refractivity contribution in [2.75, 3.05) is 6.16 Å². The van der Waals surface area contributed by atoms with Gasteiger partial charge in [-0.2, -0.15) is 0 Å². The van der Waals surface area contributed by atoms with Crippen molar-refractivity contribution in [1.82, 2.24) is 0 Å². The van der Waals surface area contributed by atoms with Crippen LogP contribution in [0.1, 0.15) is 53.4 Å². The van der Waals surface area contributed by atoms with Crippen molar-refractivity contribution >= 4 is 9.24 Å². The third kappa shape index (κ3) is 3.90. The summed E-state index contributed by atoms with van der Waals surface area (Å²) in [6, 6.07) is 0. The maximum atomic E-state index is 2.88. The van der Waals surface area contributed by atoms with Crippen molar-refractivity contribution in [3.63, 3.8) is 0 Å². The van der Waals surface area contributed by atoms with E-state index in [2.05, 4.69) is 36.9 Å². The quantitative estimate of drug-likeness (QED) is 0.550. The molecular weight excluding hydrogens is 163 g/mol. The van der Waals surface area contributed by atoms with Crippen LogP contribution in [0.4, 0.5) is 0 Å². The number of rotatable bonds is 6. The second kappa shape index (κ2) is 5.97. The lowest BCUT2D eigenvalue weighted by molar-refractivity contribution is 0.227. The van der Waals surface area contributed by atoms with Crippen LogP contribution in [0.5, 0.6) is 0 Å². The van der Waals surface area contributed by atoms with Gasteiger partial charge in [-0.15, -0.1) is 9.24 Å². The highest BCUT2D eigenvalue weighted by molar-refractivity contribution is 7.16. The molecule has 1 heteroatoms. The van der Waals surface area contributed by atoms with Crippen LogP contribution in [0, 0.1) is 11.3 Å². The van der Waals surface area contributed by atoms with Gasteiger partial charge in [0.1, 0.15) is 0 Å². The molecule has 0 N–H and O–H groups in total. The molecule has 0 spiro atoms. The Morgan fingerprint density at radius 3 is 1.92 bits per heavy atom. The molecular formula is C11H25P. The van der Waals surface area contributed by atoms with Crippen LogP contribution in [0.3, 0.4) is 0 Å². The maximum absolute atomic E-state index is 2.88. The topological polar surface area (TPSA) is 0 Å². The second-order valence-electron chi connectivity index (χ2n) is 4.23. The van der Waals surface area contributed by atoms with Gasteiger partial charge in [0.2, 0.25) is 0 Å². The van der Waals surface area contributed by atoms with E-state index in [9.17, 15) is 0 Å². The van der Waals surface area contributed by atoms with Crippen molar-refractivity contribution in [1.29, 1.82) is 0 Å². The molecule has 0 nitrogen and oxygen atoms in total. The molecule has 2 atom stereocenters. The third-order valence-corrected chi connectivity index (χ3v) is 4.07. The Labute approximate surface area is 80.7 Å². The SMILES string of the molecule is CCC(CP)CC(C)(CC)CC. The van der Waals surface area contributed by atoms with Gasteiger partial charge in [0.15, 0.2) is 0 Å². The Balaban J connectivity index is 3.99. The van der Waals surface area contributed by atoms with Crippen LogP contribution in [-0.2, 0) is 0 Å². The lowest BCUT2D eigenvalue weighted by Crippen LogP contribution is -2.19. The zero-order valence-electron chi connectivity index (χ0n) is 9.19. The molecule has 0 heterocycles. The molecule has 0 aliphatic rings. The van der Waals surface area contributed by atoms with Crippen LogP contribution in [0.25, 0.3) is 0 Å². The van der Waals surface area contributed by atoms with E-state index in [1.54, 1.807) is 0 Å². The zero-order chi connectivity index (χ0) is 9.61. The average molecular weight is 188 g/mol. The van der Waals surface area contributed by atoms with Crippen LogP contribution < -0.4 is 0 Å². The Kier molecular flexibility index (Phi) is 6.19. The van der Waals surface area contributed by atoms with E-state index in [4.69, 9.17) is 0 Å². The lowest BCUT2D eigenvalue weighted by Gasteiger charge is -2.30. The summed E-state index contributed by atoms with van der Waals surface area (Å²) >= 11 is 0. The average Bonchev–Trinajstić information content (AvgIpc) is 2.14. The summed E-state index contributed by atoms with van der Waals surface area (Å²) in [5.41, 5.74) is 0.594. The number of hydrogen-bond donors (Lipinski definition) is 0. The second-order valence-corrected chi connectivity index (χ2v) is 4.70. The van der Waals surface area contributed by atoms with Crippen LogP contribution in [0.2, 0.25) is 0 Å². The molecule has 2 unspecified atom stereocenters. The molecule has 0 saturated heterocycles. The van der Waals surface area contributed by atoms with E-state index in [0.29, 0.717) is 5.41 Å². The molecule has 0 radical (unpaired) electrons. The van der Waals surface area contributed by atoms with E-state index in [0.717, 1.165) is 5.92 Å². The Bertz CT molecular complexity index is 102. The fourth-order valence-electron chi connectivity index (χ4n) is 1.63. The predicted octanol–water partition coefficient (Wildman–Crippen LogP) is 4.10. The van der Waals surface area contributed by atoms with Crippen LogP contribution in [0.15, 0.2) is 0 Å². The summed E-state index contributed by atoms with van der Waals surface area (Å²) in [5.74, 6) is 0.917. The van der Waals surface area contributed by atoms with Gasteiger partial charge in [0.05, 0.1) is 0 Å². The first-order valence-corrected chi connectivity index (χ1v) is 6.13. The lowest BCUT2D eigenvalue weighted by atomic mass is 9.76. The van der Waals surface area contributed by atoms with E-state index in [-0.39, 0.29) is 0 Å². The molecule has 0 aliphatic heterocycles. The van der Waals surface area contributed by atoms with Gasteiger partial charge in [0.25, 0.3) is 0 Å². The molecule has 0 aromatic heterocycles. The Morgan fingerprint density at radius 2 is 1.67 bits per heavy atom. The van der Waals surface area contributed by atoms with Crippen molar-refractivity contribution < 1.29 is 0 Å². The molecule has 12 heavy (non-hydrogen) atoms. The molecule has 0 fully saturated rings. The van der Waals surface area contributed by atoms with E-state index in [1.165, 1.54) is 31.8 Å². The molecule has 0 amide bonds. The summed E-state index contributed by atoms with van der Waals surface area (Å²) in [6.07, 6.45) is 6.65. The molecule has 0 aromatic rings. The summed E-state index contributed by atoms with van der Waals surface area (Å²) in [6.45, 7) is 9.37. The minimum Gasteiger partial charge on any atom is -0.137 e. The van der Waals surface area contributed by atoms with Crippen molar-refractivity contribution in [3.8, 4) is 0 Å². The summed E-state index contributed by atoms with van der Waals surface area (Å²) < 4.78 is 0. The first kappa shape index (κ1) is 12.4. The molecule has 0 rings (SSSR count). The third-order valence-electron chi connectivity index (χ3n) is 3.40. The van der Waals surface area contributed by atoms with Crippen molar-refractivity contribution in [2.24, 2.45) is 11.3 Å². The van der Waals surface area contributed by atoms with E-state index >= 15 is 0 Å². The summed E-state index contributed by atoms with van der Waals surface area (Å²) in [5, 5.41) is 0. The van der Waals surface area contributed by atoms with Crippen LogP contribution in [-0.4, -0.2) is 6.16 Å². The van der Waals surface area contributed by atoms with Gasteiger partial charge < -0.3 is 0 Å². The predicted molar refractivity (Wildman–Crippen MR) is 61.7 cm³/mol. The maximum Gasteiger partial charge on any atom is -0.0328 e. The molecule has 0 saturated carbocycles. The highest BCUT2D eigenvalue weighted by atomic mass is 31.0. The summed E-state index contributed by atoms with van der Waals surface area (Å²) in [4.78, 5) is 0. The van der Waals surface area contributed by atoms with Gasteiger partial charge in [-0.3, -0.25) is 0 Å². The summed E-state index contributed by atoms with van der Waals surface area (Å²) in [7, 11) is 2.88. The largest absolute Gasteiger partial charge is 0.137 e. The fourth-order valence-corrected chi connectivity index (χ4v) is 2.13. The monoisotopic (exact) mass is 188 g/mol.